The van der Waals surface area contributed by atoms with Gasteiger partial charge in [-0.25, -0.2) is 9.97 Å². The monoisotopic (exact) mass is 337 g/mol. The molecule has 122 valence electrons. The second-order valence-corrected chi connectivity index (χ2v) is 6.76. The molecule has 0 aliphatic carbocycles. The molecule has 0 bridgehead atoms. The van der Waals surface area contributed by atoms with Crippen LogP contribution >= 0.6 is 11.8 Å². The van der Waals surface area contributed by atoms with Crippen molar-refractivity contribution in [3.05, 3.63) is 65.7 Å². The third-order valence-corrected chi connectivity index (χ3v) is 5.18. The fourth-order valence-corrected chi connectivity index (χ4v) is 3.72. The molecule has 0 N–H and O–H groups in total. The number of furan rings is 1. The van der Waals surface area contributed by atoms with Crippen molar-refractivity contribution >= 4 is 11.8 Å². The molecule has 4 rings (SSSR count). The van der Waals surface area contributed by atoms with Crippen LogP contribution in [0.5, 0.6) is 0 Å². The summed E-state index contributed by atoms with van der Waals surface area (Å²) in [7, 11) is 0. The Morgan fingerprint density at radius 3 is 2.96 bits per heavy atom. The summed E-state index contributed by atoms with van der Waals surface area (Å²) in [5.74, 6) is 1.41. The van der Waals surface area contributed by atoms with Gasteiger partial charge in [-0.2, -0.15) is 0 Å². The summed E-state index contributed by atoms with van der Waals surface area (Å²) in [5, 5.41) is 0. The Labute approximate surface area is 145 Å². The van der Waals surface area contributed by atoms with Crippen molar-refractivity contribution < 1.29 is 4.42 Å². The van der Waals surface area contributed by atoms with Crippen LogP contribution in [0, 0.1) is 0 Å². The molecule has 1 aliphatic rings. The minimum Gasteiger partial charge on any atom is -0.461 e. The van der Waals surface area contributed by atoms with Crippen molar-refractivity contribution in [1.29, 1.82) is 0 Å². The number of aromatic nitrogens is 2. The number of hydrogen-bond donors (Lipinski definition) is 0. The van der Waals surface area contributed by atoms with Crippen LogP contribution in [0.2, 0.25) is 0 Å². The first-order valence-corrected chi connectivity index (χ1v) is 9.29. The maximum atomic E-state index is 5.40. The molecule has 1 aromatic carbocycles. The lowest BCUT2D eigenvalue weighted by atomic mass is 10.1. The highest BCUT2D eigenvalue weighted by atomic mass is 32.2. The molecule has 0 spiro atoms. The van der Waals surface area contributed by atoms with Gasteiger partial charge in [0, 0.05) is 42.7 Å². The highest BCUT2D eigenvalue weighted by molar-refractivity contribution is 7.98. The zero-order valence-corrected chi connectivity index (χ0v) is 14.4. The van der Waals surface area contributed by atoms with E-state index in [1.165, 1.54) is 16.0 Å². The number of fused-ring (bicyclic) bond motifs is 1. The number of hydrogen-bond acceptors (Lipinski definition) is 5. The van der Waals surface area contributed by atoms with Gasteiger partial charge >= 0.3 is 0 Å². The van der Waals surface area contributed by atoms with E-state index in [4.69, 9.17) is 9.40 Å². The minimum atomic E-state index is 0.680. The van der Waals surface area contributed by atoms with E-state index in [-0.39, 0.29) is 0 Å². The van der Waals surface area contributed by atoms with E-state index in [1.54, 1.807) is 6.26 Å². The Balaban J connectivity index is 1.52. The molecule has 3 aromatic rings. The van der Waals surface area contributed by atoms with Gasteiger partial charge in [0.25, 0.3) is 0 Å². The summed E-state index contributed by atoms with van der Waals surface area (Å²) in [4.78, 5) is 13.0. The Bertz CT molecular complexity index is 832. The average molecular weight is 337 g/mol. The number of benzene rings is 1. The van der Waals surface area contributed by atoms with Crippen molar-refractivity contribution in [1.82, 2.24) is 14.9 Å². The van der Waals surface area contributed by atoms with Gasteiger partial charge in [-0.15, -0.1) is 11.8 Å². The molecule has 0 saturated carbocycles. The van der Waals surface area contributed by atoms with E-state index in [1.807, 2.05) is 30.1 Å². The third kappa shape index (κ3) is 3.09. The lowest BCUT2D eigenvalue weighted by Crippen LogP contribution is -2.31. The maximum Gasteiger partial charge on any atom is 0.195 e. The molecule has 2 aromatic heterocycles. The van der Waals surface area contributed by atoms with Gasteiger partial charge in [-0.1, -0.05) is 18.2 Å². The second kappa shape index (κ2) is 6.79. The Kier molecular flexibility index (Phi) is 4.36. The topological polar surface area (TPSA) is 42.2 Å². The zero-order chi connectivity index (χ0) is 16.4. The van der Waals surface area contributed by atoms with Crippen LogP contribution < -0.4 is 0 Å². The van der Waals surface area contributed by atoms with E-state index in [9.17, 15) is 0 Å². The van der Waals surface area contributed by atoms with Gasteiger partial charge in [-0.3, -0.25) is 4.90 Å². The summed E-state index contributed by atoms with van der Waals surface area (Å²) in [6.07, 6.45) is 6.69. The van der Waals surface area contributed by atoms with Gasteiger partial charge in [0.1, 0.15) is 0 Å². The van der Waals surface area contributed by atoms with Crippen molar-refractivity contribution in [2.75, 3.05) is 12.8 Å². The van der Waals surface area contributed by atoms with Crippen LogP contribution in [0.25, 0.3) is 11.6 Å². The summed E-state index contributed by atoms with van der Waals surface area (Å²) in [5.41, 5.74) is 3.76. The third-order valence-electron chi connectivity index (χ3n) is 4.34. The lowest BCUT2D eigenvalue weighted by Gasteiger charge is -2.28. The molecule has 0 unspecified atom stereocenters. The second-order valence-electron chi connectivity index (χ2n) is 5.92. The molecule has 0 amide bonds. The number of nitrogens with zero attached hydrogens (tertiary/aromatic N) is 3. The van der Waals surface area contributed by atoms with E-state index >= 15 is 0 Å². The molecule has 1 aliphatic heterocycles. The fourth-order valence-electron chi connectivity index (χ4n) is 3.11. The smallest absolute Gasteiger partial charge is 0.195 e. The molecule has 0 atom stereocenters. The summed E-state index contributed by atoms with van der Waals surface area (Å²) in [6.45, 7) is 2.89. The van der Waals surface area contributed by atoms with Gasteiger partial charge in [0.15, 0.2) is 11.6 Å². The molecule has 3 heterocycles. The molecule has 0 saturated heterocycles. The SMILES string of the molecule is CSc1ccccc1CN1CCc2nc(-c3ccco3)ncc2C1. The Morgan fingerprint density at radius 1 is 1.21 bits per heavy atom. The average Bonchev–Trinajstić information content (AvgIpc) is 3.16. The largest absolute Gasteiger partial charge is 0.461 e. The minimum absolute atomic E-state index is 0.680. The van der Waals surface area contributed by atoms with Gasteiger partial charge in [-0.05, 0) is 30.0 Å². The van der Waals surface area contributed by atoms with Crippen LogP contribution in [0.3, 0.4) is 0 Å². The lowest BCUT2D eigenvalue weighted by molar-refractivity contribution is 0.241. The molecule has 4 nitrogen and oxygen atoms in total. The van der Waals surface area contributed by atoms with Crippen molar-refractivity contribution in [3.63, 3.8) is 0 Å². The molecular formula is C19H19N3OS. The maximum absolute atomic E-state index is 5.40. The Hall–Kier alpha value is -2.11. The molecular weight excluding hydrogens is 318 g/mol. The fraction of sp³-hybridized carbons (Fsp3) is 0.263. The van der Waals surface area contributed by atoms with Crippen molar-refractivity contribution in [3.8, 4) is 11.6 Å². The molecule has 24 heavy (non-hydrogen) atoms. The van der Waals surface area contributed by atoms with Gasteiger partial charge < -0.3 is 4.42 Å². The van der Waals surface area contributed by atoms with Gasteiger partial charge in [0.05, 0.1) is 12.0 Å². The van der Waals surface area contributed by atoms with Gasteiger partial charge in [0.2, 0.25) is 0 Å². The van der Waals surface area contributed by atoms with E-state index in [0.717, 1.165) is 37.5 Å². The first-order valence-electron chi connectivity index (χ1n) is 8.06. The van der Waals surface area contributed by atoms with E-state index in [0.29, 0.717) is 5.82 Å². The predicted molar refractivity (Wildman–Crippen MR) is 95.8 cm³/mol. The predicted octanol–water partition coefficient (Wildman–Crippen LogP) is 4.02. The van der Waals surface area contributed by atoms with Crippen LogP contribution in [0.15, 0.2) is 58.2 Å². The number of thioether (sulfide) groups is 1. The summed E-state index contributed by atoms with van der Waals surface area (Å²) in [6, 6.07) is 12.4. The number of rotatable bonds is 4. The highest BCUT2D eigenvalue weighted by Crippen LogP contribution is 2.25. The van der Waals surface area contributed by atoms with Crippen molar-refractivity contribution in [2.45, 2.75) is 24.4 Å². The molecule has 5 heteroatoms. The van der Waals surface area contributed by atoms with Crippen molar-refractivity contribution in [2.24, 2.45) is 0 Å². The summed E-state index contributed by atoms with van der Waals surface area (Å²) >= 11 is 1.81. The standard InChI is InChI=1S/C19H19N3OS/c1-24-18-7-3-2-5-14(18)12-22-9-8-16-15(13-22)11-20-19(21-16)17-6-4-10-23-17/h2-7,10-11H,8-9,12-13H2,1H3. The quantitative estimate of drug-likeness (QED) is 0.673. The normalized spacial score (nSPS) is 14.5. The zero-order valence-electron chi connectivity index (χ0n) is 13.6. The van der Waals surface area contributed by atoms with Crippen LogP contribution in [-0.4, -0.2) is 27.7 Å². The first-order chi connectivity index (χ1) is 11.8. The van der Waals surface area contributed by atoms with Crippen LogP contribution in [0.1, 0.15) is 16.8 Å². The first kappa shape index (κ1) is 15.4. The van der Waals surface area contributed by atoms with Crippen LogP contribution in [0.4, 0.5) is 0 Å². The molecule has 0 fully saturated rings. The van der Waals surface area contributed by atoms with E-state index < -0.39 is 0 Å². The van der Waals surface area contributed by atoms with Crippen LogP contribution in [-0.2, 0) is 19.5 Å². The van der Waals surface area contributed by atoms with E-state index in [2.05, 4.69) is 40.4 Å². The summed E-state index contributed by atoms with van der Waals surface area (Å²) < 4.78 is 5.40. The molecule has 0 radical (unpaired) electrons. The Morgan fingerprint density at radius 2 is 2.12 bits per heavy atom. The highest BCUT2D eigenvalue weighted by Gasteiger charge is 2.20.